The van der Waals surface area contributed by atoms with E-state index in [4.69, 9.17) is 5.73 Å². The first kappa shape index (κ1) is 21.9. The highest BCUT2D eigenvalue weighted by Gasteiger charge is 2.25. The molecule has 3 aromatic rings. The molecule has 4 N–H and O–H groups in total. The Balaban J connectivity index is 1.43. The number of primary amides is 1. The number of carbonyl (C=O) groups excluding carboxylic acids is 3. The van der Waals surface area contributed by atoms with Gasteiger partial charge in [-0.25, -0.2) is 9.97 Å². The van der Waals surface area contributed by atoms with Crippen molar-refractivity contribution in [3.8, 4) is 0 Å². The summed E-state index contributed by atoms with van der Waals surface area (Å²) in [5.74, 6) is -0.456. The van der Waals surface area contributed by atoms with Gasteiger partial charge in [0.1, 0.15) is 0 Å². The molecule has 3 amide bonds. The third-order valence-electron chi connectivity index (χ3n) is 5.49. The summed E-state index contributed by atoms with van der Waals surface area (Å²) in [5, 5.41) is 6.77. The highest BCUT2D eigenvalue weighted by Crippen LogP contribution is 2.20. The monoisotopic (exact) mass is 444 g/mol. The van der Waals surface area contributed by atoms with Crippen molar-refractivity contribution >= 4 is 40.3 Å². The Morgan fingerprint density at radius 1 is 1.12 bits per heavy atom. The van der Waals surface area contributed by atoms with E-state index >= 15 is 0 Å². The predicted octanol–water partition coefficient (Wildman–Crippen LogP) is 2.57. The van der Waals surface area contributed by atoms with Crippen LogP contribution in [0.25, 0.3) is 10.9 Å². The van der Waals surface area contributed by atoms with Crippen LogP contribution in [0.4, 0.5) is 11.6 Å². The maximum absolute atomic E-state index is 13.0. The maximum Gasteiger partial charge on any atom is 0.253 e. The van der Waals surface area contributed by atoms with Crippen molar-refractivity contribution in [2.45, 2.75) is 18.9 Å². The summed E-state index contributed by atoms with van der Waals surface area (Å²) in [6.07, 6.45) is 4.60. The molecule has 2 heterocycles. The Morgan fingerprint density at radius 2 is 1.88 bits per heavy atom. The van der Waals surface area contributed by atoms with E-state index in [0.29, 0.717) is 41.4 Å². The van der Waals surface area contributed by atoms with E-state index in [9.17, 15) is 14.4 Å². The number of piperidine rings is 1. The molecule has 1 aliphatic heterocycles. The van der Waals surface area contributed by atoms with Crippen molar-refractivity contribution in [1.29, 1.82) is 0 Å². The molecule has 168 valence electrons. The van der Waals surface area contributed by atoms with Gasteiger partial charge in [0, 0.05) is 47.5 Å². The second kappa shape index (κ2) is 9.47. The maximum atomic E-state index is 13.0. The zero-order valence-corrected chi connectivity index (χ0v) is 18.0. The van der Waals surface area contributed by atoms with Gasteiger partial charge in [-0.2, -0.15) is 0 Å². The van der Waals surface area contributed by atoms with E-state index in [2.05, 4.69) is 27.2 Å². The van der Waals surface area contributed by atoms with Crippen LogP contribution in [-0.4, -0.2) is 51.7 Å². The SMILES string of the molecule is C=CC(=O)Nc1ccc(C(=O)N2CCCC(Nc3ncc4ccc(C(N)=O)cc4n3)C2)cc1. The van der Waals surface area contributed by atoms with Crippen LogP contribution in [0.1, 0.15) is 33.6 Å². The van der Waals surface area contributed by atoms with Crippen LogP contribution in [0.3, 0.4) is 0 Å². The van der Waals surface area contributed by atoms with Crippen molar-refractivity contribution in [2.24, 2.45) is 5.73 Å². The number of fused-ring (bicyclic) bond motifs is 1. The summed E-state index contributed by atoms with van der Waals surface area (Å²) in [6.45, 7) is 4.59. The van der Waals surface area contributed by atoms with Crippen LogP contribution in [0.5, 0.6) is 0 Å². The summed E-state index contributed by atoms with van der Waals surface area (Å²) in [5.41, 5.74) is 7.52. The molecular formula is C24H24N6O3. The van der Waals surface area contributed by atoms with E-state index in [1.807, 2.05) is 0 Å². The number of aromatic nitrogens is 2. The topological polar surface area (TPSA) is 130 Å². The molecule has 33 heavy (non-hydrogen) atoms. The number of anilines is 2. The van der Waals surface area contributed by atoms with Crippen LogP contribution in [-0.2, 0) is 4.79 Å². The zero-order chi connectivity index (χ0) is 23.4. The van der Waals surface area contributed by atoms with Crippen LogP contribution >= 0.6 is 0 Å². The van der Waals surface area contributed by atoms with Crippen LogP contribution in [0.2, 0.25) is 0 Å². The molecule has 1 unspecified atom stereocenters. The largest absolute Gasteiger partial charge is 0.366 e. The molecular weight excluding hydrogens is 420 g/mol. The molecule has 9 heteroatoms. The Labute approximate surface area is 190 Å². The molecule has 1 aliphatic rings. The van der Waals surface area contributed by atoms with Crippen LogP contribution < -0.4 is 16.4 Å². The van der Waals surface area contributed by atoms with E-state index < -0.39 is 5.91 Å². The number of benzene rings is 2. The van der Waals surface area contributed by atoms with Gasteiger partial charge >= 0.3 is 0 Å². The van der Waals surface area contributed by atoms with E-state index in [-0.39, 0.29) is 17.9 Å². The van der Waals surface area contributed by atoms with Crippen LogP contribution in [0, 0.1) is 0 Å². The fourth-order valence-electron chi connectivity index (χ4n) is 3.78. The van der Waals surface area contributed by atoms with Gasteiger partial charge in [0.2, 0.25) is 17.8 Å². The standard InChI is InChI=1S/C24H24N6O3/c1-2-21(31)27-18-9-7-15(8-10-18)23(33)30-11-3-4-19(14-30)28-24-26-13-17-6-5-16(22(25)32)12-20(17)29-24/h2,5-10,12-13,19H,1,3-4,11,14H2,(H2,25,32)(H,27,31)(H,26,28,29). The summed E-state index contributed by atoms with van der Waals surface area (Å²) in [7, 11) is 0. The normalized spacial score (nSPS) is 15.6. The molecule has 1 aromatic heterocycles. The van der Waals surface area contributed by atoms with E-state index in [1.54, 1.807) is 53.6 Å². The first-order valence-electron chi connectivity index (χ1n) is 10.6. The Morgan fingerprint density at radius 3 is 2.61 bits per heavy atom. The van der Waals surface area contributed by atoms with Crippen molar-refractivity contribution in [3.63, 3.8) is 0 Å². The minimum absolute atomic E-state index is 0.00868. The van der Waals surface area contributed by atoms with Crippen molar-refractivity contribution in [1.82, 2.24) is 14.9 Å². The number of nitrogens with zero attached hydrogens (tertiary/aromatic N) is 3. The van der Waals surface area contributed by atoms with Crippen molar-refractivity contribution in [3.05, 3.63) is 72.4 Å². The number of nitrogens with two attached hydrogens (primary N) is 1. The Hall–Kier alpha value is -4.27. The summed E-state index contributed by atoms with van der Waals surface area (Å²) in [4.78, 5) is 46.5. The molecule has 1 atom stereocenters. The lowest BCUT2D eigenvalue weighted by Crippen LogP contribution is -2.45. The minimum atomic E-state index is -0.512. The lowest BCUT2D eigenvalue weighted by molar-refractivity contribution is -0.111. The second-order valence-corrected chi connectivity index (χ2v) is 7.84. The predicted molar refractivity (Wildman–Crippen MR) is 126 cm³/mol. The molecule has 0 spiro atoms. The second-order valence-electron chi connectivity index (χ2n) is 7.84. The number of nitrogens with one attached hydrogen (secondary N) is 2. The fraction of sp³-hybridized carbons (Fsp3) is 0.208. The number of likely N-dealkylation sites (tertiary alicyclic amines) is 1. The van der Waals surface area contributed by atoms with Gasteiger partial charge in [-0.1, -0.05) is 12.6 Å². The molecule has 0 radical (unpaired) electrons. The Bertz CT molecular complexity index is 1220. The van der Waals surface area contributed by atoms with Crippen molar-refractivity contribution in [2.75, 3.05) is 23.7 Å². The number of hydrogen-bond acceptors (Lipinski definition) is 6. The number of carbonyl (C=O) groups is 3. The summed E-state index contributed by atoms with van der Waals surface area (Å²) in [6, 6.07) is 11.8. The fourth-order valence-corrected chi connectivity index (χ4v) is 3.78. The molecule has 1 saturated heterocycles. The summed E-state index contributed by atoms with van der Waals surface area (Å²) >= 11 is 0. The molecule has 1 fully saturated rings. The van der Waals surface area contributed by atoms with Gasteiger partial charge in [-0.15, -0.1) is 0 Å². The number of hydrogen-bond donors (Lipinski definition) is 3. The first-order chi connectivity index (χ1) is 15.9. The molecule has 9 nitrogen and oxygen atoms in total. The lowest BCUT2D eigenvalue weighted by atomic mass is 10.0. The third-order valence-corrected chi connectivity index (χ3v) is 5.49. The first-order valence-corrected chi connectivity index (χ1v) is 10.6. The van der Waals surface area contributed by atoms with Gasteiger partial charge in [0.25, 0.3) is 5.91 Å². The van der Waals surface area contributed by atoms with Crippen LogP contribution in [0.15, 0.2) is 61.3 Å². The highest BCUT2D eigenvalue weighted by atomic mass is 16.2. The molecule has 4 rings (SSSR count). The van der Waals surface area contributed by atoms with Gasteiger partial charge in [-0.3, -0.25) is 14.4 Å². The number of amides is 3. The highest BCUT2D eigenvalue weighted by molar-refractivity contribution is 6.00. The third kappa shape index (κ3) is 5.15. The van der Waals surface area contributed by atoms with Gasteiger partial charge < -0.3 is 21.3 Å². The van der Waals surface area contributed by atoms with Gasteiger partial charge in [0.15, 0.2) is 0 Å². The Kier molecular flexibility index (Phi) is 6.30. The molecule has 2 aromatic carbocycles. The molecule has 0 bridgehead atoms. The van der Waals surface area contributed by atoms with E-state index in [1.165, 1.54) is 6.08 Å². The average molecular weight is 444 g/mol. The summed E-state index contributed by atoms with van der Waals surface area (Å²) < 4.78 is 0. The molecule has 0 saturated carbocycles. The van der Waals surface area contributed by atoms with Crippen molar-refractivity contribution < 1.29 is 14.4 Å². The van der Waals surface area contributed by atoms with Gasteiger partial charge in [0.05, 0.1) is 5.52 Å². The van der Waals surface area contributed by atoms with E-state index in [0.717, 1.165) is 18.2 Å². The lowest BCUT2D eigenvalue weighted by Gasteiger charge is -2.33. The van der Waals surface area contributed by atoms with Gasteiger partial charge in [-0.05, 0) is 55.3 Å². The minimum Gasteiger partial charge on any atom is -0.366 e. The number of rotatable bonds is 6. The smallest absolute Gasteiger partial charge is 0.253 e. The quantitative estimate of drug-likeness (QED) is 0.501. The zero-order valence-electron chi connectivity index (χ0n) is 18.0. The average Bonchev–Trinajstić information content (AvgIpc) is 2.83. The molecule has 0 aliphatic carbocycles.